The molecule has 0 unspecified atom stereocenters. The minimum absolute atomic E-state index is 0.213. The van der Waals surface area contributed by atoms with Crippen LogP contribution in [0.5, 0.6) is 0 Å². The number of nitrogens with one attached hydrogen (secondary N) is 1. The van der Waals surface area contributed by atoms with Crippen LogP contribution in [0, 0.1) is 0 Å². The number of rotatable bonds is 5. The summed E-state index contributed by atoms with van der Waals surface area (Å²) in [6.07, 6.45) is -0.149. The van der Waals surface area contributed by atoms with Crippen LogP contribution in [0.4, 0.5) is 18.3 Å². The molecular weight excluding hydrogens is 363 g/mol. The van der Waals surface area contributed by atoms with Crippen LogP contribution in [0.3, 0.4) is 0 Å². The van der Waals surface area contributed by atoms with Gasteiger partial charge in [0.2, 0.25) is 0 Å². The first kappa shape index (κ1) is 18.7. The highest BCUT2D eigenvalue weighted by molar-refractivity contribution is 7.13. The zero-order valence-electron chi connectivity index (χ0n) is 14.2. The second-order valence-corrected chi connectivity index (χ2v) is 7.09. The normalized spacial score (nSPS) is 15.1. The first-order chi connectivity index (χ1) is 12.4. The average Bonchev–Trinajstić information content (AvgIpc) is 3.11. The Balaban J connectivity index is 1.48. The van der Waals surface area contributed by atoms with Gasteiger partial charge >= 0.3 is 6.18 Å². The van der Waals surface area contributed by atoms with Crippen LogP contribution in [-0.2, 0) is 12.6 Å². The van der Waals surface area contributed by atoms with E-state index in [0.29, 0.717) is 13.0 Å². The van der Waals surface area contributed by atoms with Crippen molar-refractivity contribution in [2.24, 2.45) is 0 Å². The third-order valence-corrected chi connectivity index (χ3v) is 5.26. The van der Waals surface area contributed by atoms with Crippen LogP contribution in [0.25, 0.3) is 0 Å². The molecule has 2 heterocycles. The van der Waals surface area contributed by atoms with E-state index in [-0.39, 0.29) is 11.5 Å². The Morgan fingerprint density at radius 3 is 2.50 bits per heavy atom. The van der Waals surface area contributed by atoms with Gasteiger partial charge in [-0.1, -0.05) is 0 Å². The van der Waals surface area contributed by atoms with Crippen LogP contribution in [0.1, 0.15) is 40.9 Å². The van der Waals surface area contributed by atoms with Gasteiger partial charge in [0.05, 0.1) is 11.3 Å². The highest BCUT2D eigenvalue weighted by Crippen LogP contribution is 2.29. The summed E-state index contributed by atoms with van der Waals surface area (Å²) in [6, 6.07) is 4.21. The second kappa shape index (κ2) is 8.07. The van der Waals surface area contributed by atoms with E-state index in [0.717, 1.165) is 36.0 Å². The summed E-state index contributed by atoms with van der Waals surface area (Å²) in [5.74, 6) is -0.384. The van der Waals surface area contributed by atoms with Gasteiger partial charge in [-0.15, -0.1) is 11.3 Å². The molecule has 140 valence electrons. The highest BCUT2D eigenvalue weighted by Gasteiger charge is 2.30. The Kier molecular flexibility index (Phi) is 5.80. The lowest BCUT2D eigenvalue weighted by molar-refractivity contribution is -0.137. The molecular formula is C18H20F3N3OS. The number of anilines is 1. The molecule has 1 aliphatic rings. The SMILES string of the molecule is O=C(NCCc1csc(N2CCCCC2)n1)c1ccc(C(F)(F)F)cc1. The van der Waals surface area contributed by atoms with Gasteiger partial charge < -0.3 is 10.2 Å². The Morgan fingerprint density at radius 1 is 1.15 bits per heavy atom. The number of hydrogen-bond donors (Lipinski definition) is 1. The van der Waals surface area contributed by atoms with Crippen LogP contribution in [0.2, 0.25) is 0 Å². The van der Waals surface area contributed by atoms with Crippen molar-refractivity contribution in [3.63, 3.8) is 0 Å². The zero-order chi connectivity index (χ0) is 18.6. The number of halogens is 3. The molecule has 1 aliphatic heterocycles. The van der Waals surface area contributed by atoms with Gasteiger partial charge in [0.15, 0.2) is 5.13 Å². The molecule has 1 amide bonds. The number of amides is 1. The van der Waals surface area contributed by atoms with Crippen molar-refractivity contribution >= 4 is 22.4 Å². The minimum atomic E-state index is -4.40. The molecule has 1 saturated heterocycles. The quantitative estimate of drug-likeness (QED) is 0.845. The number of piperidine rings is 1. The van der Waals surface area contributed by atoms with Gasteiger partial charge in [-0.05, 0) is 43.5 Å². The van der Waals surface area contributed by atoms with Gasteiger partial charge in [-0.25, -0.2) is 4.98 Å². The monoisotopic (exact) mass is 383 g/mol. The Labute approximate surface area is 154 Å². The van der Waals surface area contributed by atoms with E-state index in [1.807, 2.05) is 5.38 Å². The van der Waals surface area contributed by atoms with E-state index < -0.39 is 11.7 Å². The van der Waals surface area contributed by atoms with E-state index in [9.17, 15) is 18.0 Å². The van der Waals surface area contributed by atoms with Crippen molar-refractivity contribution in [2.45, 2.75) is 31.9 Å². The molecule has 1 aromatic heterocycles. The Bertz CT molecular complexity index is 737. The van der Waals surface area contributed by atoms with Crippen LogP contribution in [-0.4, -0.2) is 30.5 Å². The van der Waals surface area contributed by atoms with Crippen LogP contribution < -0.4 is 10.2 Å². The third-order valence-electron chi connectivity index (χ3n) is 4.31. The molecule has 0 atom stereocenters. The number of carbonyl (C=O) groups is 1. The molecule has 4 nitrogen and oxygen atoms in total. The number of hydrogen-bond acceptors (Lipinski definition) is 4. The van der Waals surface area contributed by atoms with Crippen LogP contribution in [0.15, 0.2) is 29.6 Å². The van der Waals surface area contributed by atoms with Crippen molar-refractivity contribution in [1.82, 2.24) is 10.3 Å². The van der Waals surface area contributed by atoms with Crippen LogP contribution >= 0.6 is 11.3 Å². The lowest BCUT2D eigenvalue weighted by atomic mass is 10.1. The molecule has 0 bridgehead atoms. The van der Waals surface area contributed by atoms with Crippen molar-refractivity contribution in [2.75, 3.05) is 24.5 Å². The second-order valence-electron chi connectivity index (χ2n) is 6.25. The molecule has 0 aliphatic carbocycles. The van der Waals surface area contributed by atoms with E-state index in [4.69, 9.17) is 0 Å². The Morgan fingerprint density at radius 2 is 1.85 bits per heavy atom. The first-order valence-corrected chi connectivity index (χ1v) is 9.46. The molecule has 0 radical (unpaired) electrons. The number of benzene rings is 1. The predicted molar refractivity (Wildman–Crippen MR) is 95.7 cm³/mol. The molecule has 8 heteroatoms. The van der Waals surface area contributed by atoms with Crippen molar-refractivity contribution in [3.8, 4) is 0 Å². The van der Waals surface area contributed by atoms with Gasteiger partial charge in [0.1, 0.15) is 0 Å². The molecule has 1 fully saturated rings. The Hall–Kier alpha value is -2.09. The topological polar surface area (TPSA) is 45.2 Å². The van der Waals surface area contributed by atoms with E-state index in [1.165, 1.54) is 31.4 Å². The van der Waals surface area contributed by atoms with Gasteiger partial charge in [-0.3, -0.25) is 4.79 Å². The lowest BCUT2D eigenvalue weighted by Crippen LogP contribution is -2.29. The van der Waals surface area contributed by atoms with Crippen molar-refractivity contribution in [1.29, 1.82) is 0 Å². The van der Waals surface area contributed by atoms with E-state index >= 15 is 0 Å². The van der Waals surface area contributed by atoms with Gasteiger partial charge in [0, 0.05) is 37.0 Å². The maximum Gasteiger partial charge on any atom is 0.416 e. The lowest BCUT2D eigenvalue weighted by Gasteiger charge is -2.25. The van der Waals surface area contributed by atoms with Gasteiger partial charge in [-0.2, -0.15) is 13.2 Å². The fourth-order valence-corrected chi connectivity index (χ4v) is 3.77. The summed E-state index contributed by atoms with van der Waals surface area (Å²) in [5, 5.41) is 5.74. The molecule has 26 heavy (non-hydrogen) atoms. The molecule has 2 aromatic rings. The summed E-state index contributed by atoms with van der Waals surface area (Å²) in [5.41, 5.74) is 0.371. The van der Waals surface area contributed by atoms with E-state index in [2.05, 4.69) is 15.2 Å². The fourth-order valence-electron chi connectivity index (χ4n) is 2.86. The number of carbonyl (C=O) groups excluding carboxylic acids is 1. The molecule has 0 spiro atoms. The number of alkyl halides is 3. The maximum atomic E-state index is 12.5. The molecule has 0 saturated carbocycles. The molecule has 3 rings (SSSR count). The summed E-state index contributed by atoms with van der Waals surface area (Å²) >= 11 is 1.61. The summed E-state index contributed by atoms with van der Waals surface area (Å²) in [4.78, 5) is 18.9. The van der Waals surface area contributed by atoms with Crippen molar-refractivity contribution in [3.05, 3.63) is 46.5 Å². The largest absolute Gasteiger partial charge is 0.416 e. The first-order valence-electron chi connectivity index (χ1n) is 8.58. The van der Waals surface area contributed by atoms with E-state index in [1.54, 1.807) is 11.3 Å². The smallest absolute Gasteiger partial charge is 0.352 e. The standard InChI is InChI=1S/C18H20F3N3OS/c19-18(20,21)14-6-4-13(5-7-14)16(25)22-9-8-15-12-26-17(23-15)24-10-2-1-3-11-24/h4-7,12H,1-3,8-11H2,(H,22,25). The third kappa shape index (κ3) is 4.75. The van der Waals surface area contributed by atoms with Gasteiger partial charge in [0.25, 0.3) is 5.91 Å². The minimum Gasteiger partial charge on any atom is -0.352 e. The summed E-state index contributed by atoms with van der Waals surface area (Å²) in [6.45, 7) is 2.47. The molecule has 1 aromatic carbocycles. The summed E-state index contributed by atoms with van der Waals surface area (Å²) in [7, 11) is 0. The number of thiazole rings is 1. The summed E-state index contributed by atoms with van der Waals surface area (Å²) < 4.78 is 37.6. The zero-order valence-corrected chi connectivity index (χ0v) is 15.0. The fraction of sp³-hybridized carbons (Fsp3) is 0.444. The predicted octanol–water partition coefficient (Wildman–Crippen LogP) is 4.12. The highest BCUT2D eigenvalue weighted by atomic mass is 32.1. The number of nitrogens with zero attached hydrogens (tertiary/aromatic N) is 2. The van der Waals surface area contributed by atoms with Crippen molar-refractivity contribution < 1.29 is 18.0 Å². The maximum absolute atomic E-state index is 12.5. The molecule has 1 N–H and O–H groups in total. The number of aromatic nitrogens is 1. The average molecular weight is 383 g/mol.